The molecule has 0 saturated heterocycles. The van der Waals surface area contributed by atoms with Gasteiger partial charge in [0.1, 0.15) is 10.6 Å². The molecule has 7 heteroatoms. The van der Waals surface area contributed by atoms with Crippen molar-refractivity contribution >= 4 is 15.5 Å². The van der Waals surface area contributed by atoms with Crippen molar-refractivity contribution in [2.45, 2.75) is 11.8 Å². The monoisotopic (exact) mass is 245 g/mol. The predicted octanol–water partition coefficient (Wildman–Crippen LogP) is 1.40. The molecular weight excluding hydrogens is 234 g/mol. The zero-order valence-electron chi connectivity index (χ0n) is 8.84. The van der Waals surface area contributed by atoms with E-state index in [1.807, 2.05) is 0 Å². The molecule has 0 aromatic heterocycles. The molecule has 0 aliphatic carbocycles. The molecule has 0 aliphatic heterocycles. The molecule has 0 unspecified atom stereocenters. The summed E-state index contributed by atoms with van der Waals surface area (Å²) in [6, 6.07) is 3.50. The highest BCUT2D eigenvalue weighted by molar-refractivity contribution is 7.90. The van der Waals surface area contributed by atoms with Crippen LogP contribution in [0.2, 0.25) is 0 Å². The van der Waals surface area contributed by atoms with Crippen LogP contribution >= 0.6 is 0 Å². The average Bonchev–Trinajstić information content (AvgIpc) is 2.16. The standard InChI is InChI=1S/C9H11NO5S/c1-3-15-8-5-4-7(10(11)12)6-9(8)16(2,13)14/h4-6H,3H2,1-2H3. The fraction of sp³-hybridized carbons (Fsp3) is 0.333. The number of sulfone groups is 1. The van der Waals surface area contributed by atoms with Gasteiger partial charge in [0.2, 0.25) is 0 Å². The van der Waals surface area contributed by atoms with Crippen molar-refractivity contribution in [2.75, 3.05) is 12.9 Å². The number of hydrogen-bond donors (Lipinski definition) is 0. The minimum absolute atomic E-state index is 0.135. The van der Waals surface area contributed by atoms with Gasteiger partial charge in [-0.2, -0.15) is 0 Å². The van der Waals surface area contributed by atoms with Crippen molar-refractivity contribution in [3.8, 4) is 5.75 Å². The van der Waals surface area contributed by atoms with Crippen LogP contribution < -0.4 is 4.74 Å². The maximum absolute atomic E-state index is 11.4. The van der Waals surface area contributed by atoms with Crippen LogP contribution in [0.5, 0.6) is 5.75 Å². The van der Waals surface area contributed by atoms with Gasteiger partial charge in [-0.15, -0.1) is 0 Å². The molecule has 1 aromatic carbocycles. The van der Waals surface area contributed by atoms with Crippen molar-refractivity contribution in [1.29, 1.82) is 0 Å². The van der Waals surface area contributed by atoms with E-state index < -0.39 is 14.8 Å². The van der Waals surface area contributed by atoms with Crippen LogP contribution in [0.25, 0.3) is 0 Å². The van der Waals surface area contributed by atoms with Gasteiger partial charge in [-0.1, -0.05) is 0 Å². The van der Waals surface area contributed by atoms with E-state index in [0.717, 1.165) is 12.3 Å². The lowest BCUT2D eigenvalue weighted by Crippen LogP contribution is -2.03. The second kappa shape index (κ2) is 4.48. The van der Waals surface area contributed by atoms with E-state index in [-0.39, 0.29) is 16.3 Å². The molecule has 0 radical (unpaired) electrons. The Balaban J connectivity index is 3.39. The van der Waals surface area contributed by atoms with E-state index >= 15 is 0 Å². The van der Waals surface area contributed by atoms with Crippen molar-refractivity contribution in [1.82, 2.24) is 0 Å². The quantitative estimate of drug-likeness (QED) is 0.591. The number of non-ortho nitro benzene ring substituents is 1. The van der Waals surface area contributed by atoms with E-state index in [1.54, 1.807) is 6.92 Å². The normalized spacial score (nSPS) is 11.1. The number of hydrogen-bond acceptors (Lipinski definition) is 5. The van der Waals surface area contributed by atoms with E-state index in [1.165, 1.54) is 12.1 Å². The molecule has 0 bridgehead atoms. The highest BCUT2D eigenvalue weighted by Crippen LogP contribution is 2.28. The number of nitro groups is 1. The van der Waals surface area contributed by atoms with E-state index in [2.05, 4.69) is 0 Å². The first-order valence-electron chi connectivity index (χ1n) is 4.47. The molecule has 0 N–H and O–H groups in total. The maximum atomic E-state index is 11.4. The topological polar surface area (TPSA) is 86.5 Å². The molecule has 1 rings (SSSR count). The van der Waals surface area contributed by atoms with Gasteiger partial charge in [0.25, 0.3) is 5.69 Å². The van der Waals surface area contributed by atoms with E-state index in [0.29, 0.717) is 6.61 Å². The molecular formula is C9H11NO5S. The minimum Gasteiger partial charge on any atom is -0.493 e. The van der Waals surface area contributed by atoms with Crippen LogP contribution in [0, 0.1) is 10.1 Å². The molecule has 16 heavy (non-hydrogen) atoms. The molecule has 0 spiro atoms. The van der Waals surface area contributed by atoms with Gasteiger partial charge >= 0.3 is 0 Å². The van der Waals surface area contributed by atoms with Crippen LogP contribution in [0.15, 0.2) is 23.1 Å². The lowest BCUT2D eigenvalue weighted by molar-refractivity contribution is -0.385. The Labute approximate surface area is 92.9 Å². The fourth-order valence-electron chi connectivity index (χ4n) is 1.17. The smallest absolute Gasteiger partial charge is 0.271 e. The van der Waals surface area contributed by atoms with Crippen molar-refractivity contribution in [2.24, 2.45) is 0 Å². The van der Waals surface area contributed by atoms with Crippen molar-refractivity contribution < 1.29 is 18.1 Å². The molecule has 6 nitrogen and oxygen atoms in total. The van der Waals surface area contributed by atoms with Gasteiger partial charge < -0.3 is 4.74 Å². The van der Waals surface area contributed by atoms with Gasteiger partial charge in [-0.05, 0) is 13.0 Å². The van der Waals surface area contributed by atoms with Gasteiger partial charge in [-0.25, -0.2) is 8.42 Å². The zero-order valence-corrected chi connectivity index (χ0v) is 9.65. The second-order valence-corrected chi connectivity index (χ2v) is 5.08. The zero-order chi connectivity index (χ0) is 12.3. The van der Waals surface area contributed by atoms with Gasteiger partial charge in [0, 0.05) is 18.4 Å². The summed E-state index contributed by atoms with van der Waals surface area (Å²) in [7, 11) is -3.54. The Bertz CT molecular complexity index is 509. The predicted molar refractivity (Wildman–Crippen MR) is 57.4 cm³/mol. The fourth-order valence-corrected chi connectivity index (χ4v) is 2.00. The summed E-state index contributed by atoms with van der Waals surface area (Å²) in [6.45, 7) is 1.99. The molecule has 1 aromatic rings. The van der Waals surface area contributed by atoms with E-state index in [9.17, 15) is 18.5 Å². The Morgan fingerprint density at radius 1 is 1.44 bits per heavy atom. The lowest BCUT2D eigenvalue weighted by atomic mass is 10.3. The Morgan fingerprint density at radius 3 is 2.50 bits per heavy atom. The summed E-state index contributed by atoms with van der Waals surface area (Å²) in [4.78, 5) is 9.71. The summed E-state index contributed by atoms with van der Waals surface area (Å²) in [5.41, 5.74) is -0.274. The van der Waals surface area contributed by atoms with Crippen LogP contribution in [-0.4, -0.2) is 26.2 Å². The molecule has 0 saturated carbocycles. The summed E-state index contributed by atoms with van der Waals surface area (Å²) >= 11 is 0. The van der Waals surface area contributed by atoms with Gasteiger partial charge in [0.15, 0.2) is 9.84 Å². The largest absolute Gasteiger partial charge is 0.493 e. The molecule has 88 valence electrons. The maximum Gasteiger partial charge on any atom is 0.271 e. The Hall–Kier alpha value is -1.63. The van der Waals surface area contributed by atoms with Gasteiger partial charge in [-0.3, -0.25) is 10.1 Å². The SMILES string of the molecule is CCOc1ccc([N+](=O)[O-])cc1S(C)(=O)=O. The number of nitro benzene ring substituents is 1. The second-order valence-electron chi connectivity index (χ2n) is 3.09. The van der Waals surface area contributed by atoms with Crippen LogP contribution in [-0.2, 0) is 9.84 Å². The van der Waals surface area contributed by atoms with E-state index in [4.69, 9.17) is 4.74 Å². The number of benzene rings is 1. The summed E-state index contributed by atoms with van der Waals surface area (Å²) in [5, 5.41) is 10.5. The Morgan fingerprint density at radius 2 is 2.06 bits per heavy atom. The highest BCUT2D eigenvalue weighted by atomic mass is 32.2. The first-order valence-corrected chi connectivity index (χ1v) is 6.36. The number of ether oxygens (including phenoxy) is 1. The first-order chi connectivity index (χ1) is 7.36. The molecule has 0 fully saturated rings. The average molecular weight is 245 g/mol. The third-order valence-electron chi connectivity index (χ3n) is 1.84. The highest BCUT2D eigenvalue weighted by Gasteiger charge is 2.19. The number of nitrogens with zero attached hydrogens (tertiary/aromatic N) is 1. The molecule has 0 heterocycles. The Kier molecular flexibility index (Phi) is 3.48. The summed E-state index contributed by atoms with van der Waals surface area (Å²) in [5.74, 6) is 0.135. The van der Waals surface area contributed by atoms with Gasteiger partial charge in [0.05, 0.1) is 11.5 Å². The third-order valence-corrected chi connectivity index (χ3v) is 2.96. The third kappa shape index (κ3) is 2.69. The van der Waals surface area contributed by atoms with Crippen LogP contribution in [0.1, 0.15) is 6.92 Å². The van der Waals surface area contributed by atoms with Crippen LogP contribution in [0.3, 0.4) is 0 Å². The molecule has 0 atom stereocenters. The molecule has 0 aliphatic rings. The summed E-state index contributed by atoms with van der Waals surface area (Å²) in [6.07, 6.45) is 0.981. The first kappa shape index (κ1) is 12.4. The van der Waals surface area contributed by atoms with Crippen LogP contribution in [0.4, 0.5) is 5.69 Å². The van der Waals surface area contributed by atoms with Crippen molar-refractivity contribution in [3.05, 3.63) is 28.3 Å². The van der Waals surface area contributed by atoms with Crippen molar-refractivity contribution in [3.63, 3.8) is 0 Å². The summed E-state index contributed by atoms with van der Waals surface area (Å²) < 4.78 is 27.9. The molecule has 0 amide bonds. The minimum atomic E-state index is -3.54. The lowest BCUT2D eigenvalue weighted by Gasteiger charge is -2.07. The number of rotatable bonds is 4.